The highest BCUT2D eigenvalue weighted by Crippen LogP contribution is 2.28. The van der Waals surface area contributed by atoms with Gasteiger partial charge in [-0.05, 0) is 41.0 Å². The third-order valence-electron chi connectivity index (χ3n) is 3.25. The molecule has 3 aromatic rings. The van der Waals surface area contributed by atoms with E-state index < -0.39 is 0 Å². The van der Waals surface area contributed by atoms with Crippen molar-refractivity contribution in [2.75, 3.05) is 0 Å². The number of benzene rings is 3. The average molecular weight is 236 g/mol. The monoisotopic (exact) mass is 236 g/mol. The van der Waals surface area contributed by atoms with Gasteiger partial charge in [-0.15, -0.1) is 0 Å². The van der Waals surface area contributed by atoms with Crippen LogP contribution in [0.4, 0.5) is 4.39 Å². The van der Waals surface area contributed by atoms with E-state index in [1.165, 1.54) is 17.0 Å². The smallest absolute Gasteiger partial charge is 0.131 e. The lowest BCUT2D eigenvalue weighted by atomic mass is 9.97. The third kappa shape index (κ3) is 1.78. The second-order valence-corrected chi connectivity index (χ2v) is 4.49. The first-order valence-corrected chi connectivity index (χ1v) is 6.00. The maximum absolute atomic E-state index is 13.8. The molecule has 0 spiro atoms. The fourth-order valence-corrected chi connectivity index (χ4v) is 2.35. The second-order valence-electron chi connectivity index (χ2n) is 4.49. The van der Waals surface area contributed by atoms with Crippen LogP contribution in [0.2, 0.25) is 0 Å². The van der Waals surface area contributed by atoms with Crippen LogP contribution in [0.1, 0.15) is 5.56 Å². The Morgan fingerprint density at radius 2 is 1.56 bits per heavy atom. The molecule has 1 heteroatoms. The number of rotatable bonds is 1. The van der Waals surface area contributed by atoms with Crippen molar-refractivity contribution >= 4 is 10.8 Å². The summed E-state index contributed by atoms with van der Waals surface area (Å²) in [4.78, 5) is 0. The third-order valence-corrected chi connectivity index (χ3v) is 3.25. The summed E-state index contributed by atoms with van der Waals surface area (Å²) in [5.41, 5.74) is 2.77. The highest BCUT2D eigenvalue weighted by atomic mass is 19.1. The molecule has 0 bridgehead atoms. The van der Waals surface area contributed by atoms with E-state index in [-0.39, 0.29) is 5.82 Å². The normalized spacial score (nSPS) is 10.8. The molecule has 0 saturated carbocycles. The molecule has 0 fully saturated rings. The Morgan fingerprint density at radius 1 is 0.833 bits per heavy atom. The Hall–Kier alpha value is -2.15. The summed E-state index contributed by atoms with van der Waals surface area (Å²) < 4.78 is 13.8. The molecule has 0 N–H and O–H groups in total. The number of aryl methyl sites for hydroxylation is 1. The van der Waals surface area contributed by atoms with Crippen LogP contribution < -0.4 is 0 Å². The maximum Gasteiger partial charge on any atom is 0.131 e. The molecule has 0 radical (unpaired) electrons. The van der Waals surface area contributed by atoms with Crippen molar-refractivity contribution in [3.05, 3.63) is 72.0 Å². The lowest BCUT2D eigenvalue weighted by Gasteiger charge is -2.08. The van der Waals surface area contributed by atoms with E-state index in [2.05, 4.69) is 19.1 Å². The first-order valence-electron chi connectivity index (χ1n) is 6.00. The van der Waals surface area contributed by atoms with Crippen LogP contribution in [0.25, 0.3) is 21.9 Å². The van der Waals surface area contributed by atoms with E-state index in [0.29, 0.717) is 5.56 Å². The Kier molecular flexibility index (Phi) is 2.60. The minimum absolute atomic E-state index is 0.174. The topological polar surface area (TPSA) is 0 Å². The Bertz CT molecular complexity index is 714. The minimum Gasteiger partial charge on any atom is -0.206 e. The molecule has 0 aliphatic heterocycles. The van der Waals surface area contributed by atoms with Gasteiger partial charge in [-0.2, -0.15) is 0 Å². The Labute approximate surface area is 106 Å². The summed E-state index contributed by atoms with van der Waals surface area (Å²) in [5.74, 6) is -0.174. The molecule has 0 heterocycles. The summed E-state index contributed by atoms with van der Waals surface area (Å²) >= 11 is 0. The highest BCUT2D eigenvalue weighted by Gasteiger charge is 2.06. The van der Waals surface area contributed by atoms with Gasteiger partial charge in [0.1, 0.15) is 5.82 Å². The fraction of sp³-hybridized carbons (Fsp3) is 0.0588. The molecule has 0 aromatic heterocycles. The van der Waals surface area contributed by atoms with Gasteiger partial charge in [-0.25, -0.2) is 4.39 Å². The zero-order valence-electron chi connectivity index (χ0n) is 10.2. The van der Waals surface area contributed by atoms with E-state index in [1.807, 2.05) is 36.4 Å². The minimum atomic E-state index is -0.174. The molecule has 0 amide bonds. The van der Waals surface area contributed by atoms with Gasteiger partial charge >= 0.3 is 0 Å². The van der Waals surface area contributed by atoms with Crippen molar-refractivity contribution < 1.29 is 4.39 Å². The Balaban J connectivity index is 2.28. The second kappa shape index (κ2) is 4.26. The van der Waals surface area contributed by atoms with Crippen LogP contribution in [0, 0.1) is 12.7 Å². The predicted molar refractivity (Wildman–Crippen MR) is 74.1 cm³/mol. The van der Waals surface area contributed by atoms with Gasteiger partial charge in [0, 0.05) is 5.56 Å². The van der Waals surface area contributed by atoms with E-state index in [1.54, 1.807) is 6.07 Å². The molecular weight excluding hydrogens is 223 g/mol. The van der Waals surface area contributed by atoms with Crippen LogP contribution in [-0.2, 0) is 0 Å². The van der Waals surface area contributed by atoms with Crippen LogP contribution in [0.15, 0.2) is 60.7 Å². The molecule has 0 saturated heterocycles. The lowest BCUT2D eigenvalue weighted by molar-refractivity contribution is 0.631. The van der Waals surface area contributed by atoms with Crippen LogP contribution >= 0.6 is 0 Å². The summed E-state index contributed by atoms with van der Waals surface area (Å²) in [5, 5.41) is 2.37. The summed E-state index contributed by atoms with van der Waals surface area (Å²) in [7, 11) is 0. The molecule has 3 aromatic carbocycles. The van der Waals surface area contributed by atoms with Gasteiger partial charge in [0.05, 0.1) is 0 Å². The van der Waals surface area contributed by atoms with E-state index >= 15 is 0 Å². The van der Waals surface area contributed by atoms with Gasteiger partial charge in [0.25, 0.3) is 0 Å². The SMILES string of the molecule is Cc1cc(-c2ccccc2F)cc2ccccc12. The number of halogens is 1. The number of hydrogen-bond donors (Lipinski definition) is 0. The molecular formula is C17H13F. The van der Waals surface area contributed by atoms with Crippen molar-refractivity contribution in [2.45, 2.75) is 6.92 Å². The molecule has 0 nitrogen and oxygen atoms in total. The van der Waals surface area contributed by atoms with Crippen molar-refractivity contribution in [1.29, 1.82) is 0 Å². The summed E-state index contributed by atoms with van der Waals surface area (Å²) in [6.45, 7) is 2.06. The predicted octanol–water partition coefficient (Wildman–Crippen LogP) is 4.95. The number of hydrogen-bond acceptors (Lipinski definition) is 0. The number of fused-ring (bicyclic) bond motifs is 1. The lowest BCUT2D eigenvalue weighted by Crippen LogP contribution is -1.86. The molecule has 3 rings (SSSR count). The molecule has 0 aliphatic carbocycles. The van der Waals surface area contributed by atoms with Crippen LogP contribution in [-0.4, -0.2) is 0 Å². The first-order chi connectivity index (χ1) is 8.75. The summed E-state index contributed by atoms with van der Waals surface area (Å²) in [6.07, 6.45) is 0. The standard InChI is InChI=1S/C17H13F/c1-12-10-14(16-8-4-5-9-17(16)18)11-13-6-2-3-7-15(12)13/h2-11H,1H3. The van der Waals surface area contributed by atoms with E-state index in [0.717, 1.165) is 10.9 Å². The Morgan fingerprint density at radius 3 is 2.39 bits per heavy atom. The summed E-state index contributed by atoms with van der Waals surface area (Å²) in [6, 6.07) is 19.2. The van der Waals surface area contributed by atoms with Crippen molar-refractivity contribution in [1.82, 2.24) is 0 Å². The molecule has 0 aliphatic rings. The molecule has 0 atom stereocenters. The quantitative estimate of drug-likeness (QED) is 0.560. The molecule has 88 valence electrons. The van der Waals surface area contributed by atoms with Gasteiger partial charge in [0.2, 0.25) is 0 Å². The van der Waals surface area contributed by atoms with Gasteiger partial charge in [-0.1, -0.05) is 48.5 Å². The fourth-order valence-electron chi connectivity index (χ4n) is 2.35. The zero-order chi connectivity index (χ0) is 12.5. The molecule has 0 unspecified atom stereocenters. The first kappa shape index (κ1) is 11.0. The zero-order valence-corrected chi connectivity index (χ0v) is 10.2. The van der Waals surface area contributed by atoms with Crippen molar-refractivity contribution in [3.8, 4) is 11.1 Å². The largest absolute Gasteiger partial charge is 0.206 e. The van der Waals surface area contributed by atoms with Crippen molar-refractivity contribution in [2.24, 2.45) is 0 Å². The maximum atomic E-state index is 13.8. The van der Waals surface area contributed by atoms with E-state index in [4.69, 9.17) is 0 Å². The van der Waals surface area contributed by atoms with Crippen LogP contribution in [0.5, 0.6) is 0 Å². The van der Waals surface area contributed by atoms with Gasteiger partial charge < -0.3 is 0 Å². The average Bonchev–Trinajstić information content (AvgIpc) is 2.39. The van der Waals surface area contributed by atoms with E-state index in [9.17, 15) is 4.39 Å². The van der Waals surface area contributed by atoms with Crippen molar-refractivity contribution in [3.63, 3.8) is 0 Å². The van der Waals surface area contributed by atoms with Gasteiger partial charge in [0.15, 0.2) is 0 Å². The van der Waals surface area contributed by atoms with Gasteiger partial charge in [-0.3, -0.25) is 0 Å². The molecule has 18 heavy (non-hydrogen) atoms. The van der Waals surface area contributed by atoms with Crippen LogP contribution in [0.3, 0.4) is 0 Å². The highest BCUT2D eigenvalue weighted by molar-refractivity contribution is 5.90.